The van der Waals surface area contributed by atoms with Crippen molar-refractivity contribution in [3.05, 3.63) is 35.4 Å². The minimum absolute atomic E-state index is 0.437. The van der Waals surface area contributed by atoms with Crippen LogP contribution in [0.3, 0.4) is 0 Å². The van der Waals surface area contributed by atoms with E-state index in [2.05, 4.69) is 36.6 Å². The predicted molar refractivity (Wildman–Crippen MR) is 68.1 cm³/mol. The predicted octanol–water partition coefficient (Wildman–Crippen LogP) is 2.74. The molecule has 2 nitrogen and oxygen atoms in total. The van der Waals surface area contributed by atoms with E-state index in [0.717, 1.165) is 6.42 Å². The molecule has 0 saturated carbocycles. The van der Waals surface area contributed by atoms with E-state index in [9.17, 15) is 0 Å². The molecule has 2 heteroatoms. The van der Waals surface area contributed by atoms with Crippen LogP contribution in [0.15, 0.2) is 24.3 Å². The van der Waals surface area contributed by atoms with Gasteiger partial charge in [0.1, 0.15) is 0 Å². The van der Waals surface area contributed by atoms with E-state index in [1.54, 1.807) is 0 Å². The van der Waals surface area contributed by atoms with Gasteiger partial charge in [0.15, 0.2) is 0 Å². The highest BCUT2D eigenvalue weighted by molar-refractivity contribution is 5.33. The minimum atomic E-state index is 0.437. The van der Waals surface area contributed by atoms with Crippen molar-refractivity contribution in [3.8, 4) is 0 Å². The smallest absolute Gasteiger partial charge is 0.0279 e. The molecule has 16 heavy (non-hydrogen) atoms. The zero-order chi connectivity index (χ0) is 11.4. The molecule has 1 aromatic rings. The lowest BCUT2D eigenvalue weighted by molar-refractivity contribution is 0.375. The number of aryl methyl sites for hydroxylation is 1. The summed E-state index contributed by atoms with van der Waals surface area (Å²) in [7, 11) is 0. The third-order valence-electron chi connectivity index (χ3n) is 3.72. The monoisotopic (exact) mass is 218 g/mol. The van der Waals surface area contributed by atoms with Crippen molar-refractivity contribution in [3.63, 3.8) is 0 Å². The van der Waals surface area contributed by atoms with Crippen molar-refractivity contribution in [2.45, 2.75) is 51.0 Å². The van der Waals surface area contributed by atoms with E-state index in [1.807, 2.05) is 0 Å². The zero-order valence-electron chi connectivity index (χ0n) is 10.1. The molecule has 0 saturated heterocycles. The molecule has 0 fully saturated rings. The lowest BCUT2D eigenvalue weighted by Crippen LogP contribution is -2.40. The fourth-order valence-electron chi connectivity index (χ4n) is 2.92. The van der Waals surface area contributed by atoms with E-state index >= 15 is 0 Å². The molecule has 2 atom stereocenters. The summed E-state index contributed by atoms with van der Waals surface area (Å²) in [4.78, 5) is 0. The van der Waals surface area contributed by atoms with Gasteiger partial charge in [-0.1, -0.05) is 37.6 Å². The quantitative estimate of drug-likeness (QED) is 0.602. The van der Waals surface area contributed by atoms with Gasteiger partial charge in [-0.05, 0) is 36.8 Å². The second-order valence-corrected chi connectivity index (χ2v) is 4.76. The SMILES string of the molecule is CCCC(NN)C1CCCc2ccccc21. The Labute approximate surface area is 98.2 Å². The van der Waals surface area contributed by atoms with Crippen molar-refractivity contribution in [2.75, 3.05) is 0 Å². The summed E-state index contributed by atoms with van der Waals surface area (Å²) in [6.45, 7) is 2.22. The molecule has 0 aliphatic heterocycles. The van der Waals surface area contributed by atoms with E-state index in [1.165, 1.54) is 36.8 Å². The number of benzene rings is 1. The van der Waals surface area contributed by atoms with E-state index in [4.69, 9.17) is 5.84 Å². The number of nitrogens with one attached hydrogen (secondary N) is 1. The van der Waals surface area contributed by atoms with Gasteiger partial charge in [0.2, 0.25) is 0 Å². The molecule has 88 valence electrons. The molecule has 0 radical (unpaired) electrons. The van der Waals surface area contributed by atoms with E-state index in [-0.39, 0.29) is 0 Å². The van der Waals surface area contributed by atoms with Crippen molar-refractivity contribution in [1.82, 2.24) is 5.43 Å². The first-order chi connectivity index (χ1) is 7.86. The maximum absolute atomic E-state index is 5.70. The normalized spacial score (nSPS) is 21.5. The van der Waals surface area contributed by atoms with Gasteiger partial charge in [0.25, 0.3) is 0 Å². The Kier molecular flexibility index (Phi) is 3.97. The molecule has 0 spiro atoms. The lowest BCUT2D eigenvalue weighted by atomic mass is 9.78. The second kappa shape index (κ2) is 5.46. The maximum Gasteiger partial charge on any atom is 0.0279 e. The van der Waals surface area contributed by atoms with Gasteiger partial charge >= 0.3 is 0 Å². The third kappa shape index (κ3) is 2.28. The first-order valence-electron chi connectivity index (χ1n) is 6.40. The van der Waals surface area contributed by atoms with Crippen LogP contribution in [-0.2, 0) is 6.42 Å². The molecular weight excluding hydrogens is 196 g/mol. The Morgan fingerprint density at radius 3 is 3.00 bits per heavy atom. The average molecular weight is 218 g/mol. The molecule has 0 bridgehead atoms. The topological polar surface area (TPSA) is 38.0 Å². The number of hydrogen-bond acceptors (Lipinski definition) is 2. The standard InChI is InChI=1S/C14H22N2/c1-2-6-14(16-15)13-10-5-8-11-7-3-4-9-12(11)13/h3-4,7,9,13-14,16H,2,5-6,8,10,15H2,1H3. The summed E-state index contributed by atoms with van der Waals surface area (Å²) in [5.74, 6) is 6.30. The Balaban J connectivity index is 2.23. The molecule has 0 heterocycles. The molecule has 0 aromatic heterocycles. The number of hydrogen-bond donors (Lipinski definition) is 2. The molecule has 1 aromatic carbocycles. The second-order valence-electron chi connectivity index (χ2n) is 4.76. The van der Waals surface area contributed by atoms with Gasteiger partial charge in [0, 0.05) is 12.0 Å². The van der Waals surface area contributed by atoms with Crippen LogP contribution in [0.5, 0.6) is 0 Å². The van der Waals surface area contributed by atoms with Crippen molar-refractivity contribution in [2.24, 2.45) is 5.84 Å². The Hall–Kier alpha value is -0.860. The summed E-state index contributed by atoms with van der Waals surface area (Å²) >= 11 is 0. The Bertz CT molecular complexity index is 335. The van der Waals surface area contributed by atoms with Crippen LogP contribution < -0.4 is 11.3 Å². The highest BCUT2D eigenvalue weighted by Gasteiger charge is 2.26. The number of hydrazine groups is 1. The van der Waals surface area contributed by atoms with Crippen LogP contribution in [-0.4, -0.2) is 6.04 Å². The Morgan fingerprint density at radius 2 is 2.25 bits per heavy atom. The summed E-state index contributed by atoms with van der Waals surface area (Å²) in [6.07, 6.45) is 6.15. The van der Waals surface area contributed by atoms with Crippen molar-refractivity contribution < 1.29 is 0 Å². The van der Waals surface area contributed by atoms with Crippen LogP contribution >= 0.6 is 0 Å². The number of fused-ring (bicyclic) bond motifs is 1. The molecule has 1 aliphatic rings. The number of rotatable bonds is 4. The van der Waals surface area contributed by atoms with Gasteiger partial charge in [-0.3, -0.25) is 11.3 Å². The zero-order valence-corrected chi connectivity index (χ0v) is 10.1. The van der Waals surface area contributed by atoms with Gasteiger partial charge < -0.3 is 0 Å². The fraction of sp³-hybridized carbons (Fsp3) is 0.571. The number of nitrogens with two attached hydrogens (primary N) is 1. The average Bonchev–Trinajstić information content (AvgIpc) is 2.35. The van der Waals surface area contributed by atoms with Gasteiger partial charge in [-0.2, -0.15) is 0 Å². The van der Waals surface area contributed by atoms with Gasteiger partial charge in [-0.15, -0.1) is 0 Å². The summed E-state index contributed by atoms with van der Waals surface area (Å²) < 4.78 is 0. The molecule has 3 N–H and O–H groups in total. The summed E-state index contributed by atoms with van der Waals surface area (Å²) in [6, 6.07) is 9.27. The molecule has 2 unspecified atom stereocenters. The molecule has 1 aliphatic carbocycles. The first-order valence-corrected chi connectivity index (χ1v) is 6.40. The maximum atomic E-state index is 5.70. The molecule has 0 amide bonds. The van der Waals surface area contributed by atoms with Crippen LogP contribution in [0.2, 0.25) is 0 Å². The van der Waals surface area contributed by atoms with Gasteiger partial charge in [0.05, 0.1) is 0 Å². The molecular formula is C14H22N2. The Morgan fingerprint density at radius 1 is 1.44 bits per heavy atom. The molecule has 2 rings (SSSR count). The van der Waals surface area contributed by atoms with Crippen LogP contribution in [0.25, 0.3) is 0 Å². The third-order valence-corrected chi connectivity index (χ3v) is 3.72. The van der Waals surface area contributed by atoms with E-state index < -0.39 is 0 Å². The lowest BCUT2D eigenvalue weighted by Gasteiger charge is -2.32. The van der Waals surface area contributed by atoms with Crippen LogP contribution in [0, 0.1) is 0 Å². The highest BCUT2D eigenvalue weighted by atomic mass is 15.2. The fourth-order valence-corrected chi connectivity index (χ4v) is 2.92. The van der Waals surface area contributed by atoms with Gasteiger partial charge in [-0.25, -0.2) is 0 Å². The van der Waals surface area contributed by atoms with Crippen LogP contribution in [0.4, 0.5) is 0 Å². The van der Waals surface area contributed by atoms with E-state index in [0.29, 0.717) is 12.0 Å². The summed E-state index contributed by atoms with van der Waals surface area (Å²) in [5, 5.41) is 0. The first kappa shape index (κ1) is 11.6. The largest absolute Gasteiger partial charge is 0.271 e. The minimum Gasteiger partial charge on any atom is -0.271 e. The van der Waals surface area contributed by atoms with Crippen molar-refractivity contribution in [1.29, 1.82) is 0 Å². The van der Waals surface area contributed by atoms with Crippen molar-refractivity contribution >= 4 is 0 Å². The van der Waals surface area contributed by atoms with Crippen LogP contribution in [0.1, 0.15) is 49.7 Å². The highest BCUT2D eigenvalue weighted by Crippen LogP contribution is 2.34. The summed E-state index contributed by atoms with van der Waals surface area (Å²) in [5.41, 5.74) is 6.06.